The van der Waals surface area contributed by atoms with Crippen molar-refractivity contribution < 1.29 is 19.8 Å². The smallest absolute Gasteiger partial charge is 0.332 e. The Kier molecular flexibility index (Phi) is 4.77. The zero-order chi connectivity index (χ0) is 17.6. The predicted octanol–water partition coefficient (Wildman–Crippen LogP) is 3.36. The van der Waals surface area contributed by atoms with Gasteiger partial charge in [-0.2, -0.15) is 0 Å². The predicted molar refractivity (Wildman–Crippen MR) is 96.2 cm³/mol. The number of rotatable bonds is 3. The molecule has 0 bridgehead atoms. The Morgan fingerprint density at radius 1 is 1.28 bits per heavy atom. The molecule has 0 aliphatic heterocycles. The van der Waals surface area contributed by atoms with Crippen molar-refractivity contribution in [1.82, 2.24) is 9.97 Å². The lowest BCUT2D eigenvalue weighted by Gasteiger charge is -2.33. The van der Waals surface area contributed by atoms with Crippen LogP contribution in [0.2, 0.25) is 0 Å². The van der Waals surface area contributed by atoms with E-state index in [1.807, 2.05) is 19.9 Å². The maximum absolute atomic E-state index is 11.9. The lowest BCUT2D eigenvalue weighted by Crippen LogP contribution is -2.37. The topological polar surface area (TPSA) is 103 Å². The number of aromatic amines is 1. The summed E-state index contributed by atoms with van der Waals surface area (Å²) < 4.78 is 0. The fraction of sp³-hybridized carbons (Fsp3) is 0.278. The molecule has 2 atom stereocenters. The van der Waals surface area contributed by atoms with Crippen LogP contribution in [0, 0.1) is 19.3 Å². The van der Waals surface area contributed by atoms with Gasteiger partial charge in [0.1, 0.15) is 0 Å². The molecule has 0 fully saturated rings. The van der Waals surface area contributed by atoms with E-state index in [4.69, 9.17) is 0 Å². The highest BCUT2D eigenvalue weighted by molar-refractivity contribution is 5.95. The average Bonchev–Trinajstić information content (AvgIpc) is 2.82. The van der Waals surface area contributed by atoms with Gasteiger partial charge in [0.15, 0.2) is 0 Å². The van der Waals surface area contributed by atoms with Gasteiger partial charge in [0, 0.05) is 22.9 Å². The molecule has 0 saturated heterocycles. The number of hydrogen-bond acceptors (Lipinski definition) is 3. The maximum atomic E-state index is 11.9. The van der Waals surface area contributed by atoms with Gasteiger partial charge in [-0.3, -0.25) is 9.78 Å². The molecular weight excluding hydrogens is 344 g/mol. The lowest BCUT2D eigenvalue weighted by molar-refractivity contribution is -0.146. The van der Waals surface area contributed by atoms with Gasteiger partial charge >= 0.3 is 11.9 Å². The first-order valence-corrected chi connectivity index (χ1v) is 7.57. The van der Waals surface area contributed by atoms with Crippen molar-refractivity contribution in [2.24, 2.45) is 5.41 Å². The Labute approximate surface area is 150 Å². The summed E-state index contributed by atoms with van der Waals surface area (Å²) in [6, 6.07) is 1.85. The summed E-state index contributed by atoms with van der Waals surface area (Å²) in [6.45, 7) is 5.41. The van der Waals surface area contributed by atoms with Crippen LogP contribution in [0.1, 0.15) is 29.8 Å². The van der Waals surface area contributed by atoms with Crippen LogP contribution in [0.4, 0.5) is 0 Å². The third-order valence-electron chi connectivity index (χ3n) is 4.87. The Bertz CT molecular complexity index is 929. The number of H-pyrrole nitrogens is 1. The molecule has 25 heavy (non-hydrogen) atoms. The molecule has 0 amide bonds. The van der Waals surface area contributed by atoms with Crippen molar-refractivity contribution in [2.75, 3.05) is 0 Å². The van der Waals surface area contributed by atoms with Gasteiger partial charge in [0.2, 0.25) is 0 Å². The molecule has 0 saturated carbocycles. The van der Waals surface area contributed by atoms with Crippen LogP contribution in [0.5, 0.6) is 0 Å². The number of nitrogens with one attached hydrogen (secondary N) is 1. The van der Waals surface area contributed by atoms with E-state index in [0.717, 1.165) is 16.6 Å². The highest BCUT2D eigenvalue weighted by Crippen LogP contribution is 2.46. The number of carboxylic acid groups (broad SMARTS) is 2. The number of pyridine rings is 1. The van der Waals surface area contributed by atoms with E-state index in [2.05, 4.69) is 9.97 Å². The minimum atomic E-state index is -1.39. The second-order valence-corrected chi connectivity index (χ2v) is 6.30. The summed E-state index contributed by atoms with van der Waals surface area (Å²) in [6.07, 6.45) is 6.05. The molecule has 3 rings (SSSR count). The van der Waals surface area contributed by atoms with E-state index in [9.17, 15) is 19.8 Å². The quantitative estimate of drug-likeness (QED) is 0.776. The highest BCUT2D eigenvalue weighted by Gasteiger charge is 2.47. The van der Waals surface area contributed by atoms with Crippen LogP contribution in [0.15, 0.2) is 36.1 Å². The lowest BCUT2D eigenvalue weighted by atomic mass is 9.68. The molecule has 0 aromatic carbocycles. The number of carbonyl (C=O) groups is 2. The first kappa shape index (κ1) is 18.7. The Hall–Kier alpha value is -2.60. The summed E-state index contributed by atoms with van der Waals surface area (Å²) in [4.78, 5) is 31.2. The van der Waals surface area contributed by atoms with Gasteiger partial charge in [-0.25, -0.2) is 4.79 Å². The van der Waals surface area contributed by atoms with Crippen molar-refractivity contribution >= 4 is 35.2 Å². The highest BCUT2D eigenvalue weighted by atomic mass is 35.5. The Balaban J connectivity index is 0.00000225. The fourth-order valence-electron chi connectivity index (χ4n) is 3.31. The Morgan fingerprint density at radius 3 is 2.56 bits per heavy atom. The number of fused-ring (bicyclic) bond motifs is 1. The largest absolute Gasteiger partial charge is 0.481 e. The zero-order valence-corrected chi connectivity index (χ0v) is 14.8. The van der Waals surface area contributed by atoms with E-state index < -0.39 is 23.3 Å². The minimum absolute atomic E-state index is 0. The number of aromatic nitrogens is 2. The van der Waals surface area contributed by atoms with Crippen LogP contribution < -0.4 is 0 Å². The van der Waals surface area contributed by atoms with Gasteiger partial charge in [-0.15, -0.1) is 12.4 Å². The number of aliphatic carboxylic acids is 2. The van der Waals surface area contributed by atoms with Crippen LogP contribution in [-0.4, -0.2) is 32.1 Å². The van der Waals surface area contributed by atoms with Crippen LogP contribution in [0.3, 0.4) is 0 Å². The number of hydrogen-bond donors (Lipinski definition) is 3. The third-order valence-corrected chi connectivity index (χ3v) is 4.87. The van der Waals surface area contributed by atoms with Crippen LogP contribution in [0.25, 0.3) is 10.9 Å². The van der Waals surface area contributed by atoms with E-state index in [1.165, 1.54) is 25.2 Å². The average molecular weight is 363 g/mol. The van der Waals surface area contributed by atoms with Gasteiger partial charge in [-0.05, 0) is 32.4 Å². The van der Waals surface area contributed by atoms with E-state index in [1.54, 1.807) is 6.20 Å². The zero-order valence-electron chi connectivity index (χ0n) is 14.0. The molecule has 1 aliphatic rings. The number of carboxylic acids is 2. The molecular formula is C18H19ClN2O4. The number of aryl methyl sites for hydroxylation is 2. The van der Waals surface area contributed by atoms with E-state index >= 15 is 0 Å². The van der Waals surface area contributed by atoms with Crippen molar-refractivity contribution in [1.29, 1.82) is 0 Å². The van der Waals surface area contributed by atoms with Gasteiger partial charge in [-0.1, -0.05) is 18.2 Å². The van der Waals surface area contributed by atoms with Crippen molar-refractivity contribution in [3.05, 3.63) is 53.0 Å². The second-order valence-electron chi connectivity index (χ2n) is 6.30. The molecule has 2 aromatic heterocycles. The second kappa shape index (κ2) is 6.37. The first-order valence-electron chi connectivity index (χ1n) is 7.57. The van der Waals surface area contributed by atoms with Gasteiger partial charge in [0.05, 0.1) is 22.5 Å². The summed E-state index contributed by atoms with van der Waals surface area (Å²) >= 11 is 0. The normalized spacial score (nSPS) is 22.4. The molecule has 6 nitrogen and oxygen atoms in total. The SMILES string of the molecule is Cc1[nH]c2c(C3C(C(=O)O)=CC=CC3(C)C(=O)O)nccc2c1C.Cl. The van der Waals surface area contributed by atoms with Gasteiger partial charge in [0.25, 0.3) is 0 Å². The number of halogens is 1. The molecule has 0 radical (unpaired) electrons. The molecule has 2 unspecified atom stereocenters. The molecule has 3 N–H and O–H groups in total. The van der Waals surface area contributed by atoms with Crippen LogP contribution in [-0.2, 0) is 9.59 Å². The molecule has 7 heteroatoms. The van der Waals surface area contributed by atoms with Gasteiger partial charge < -0.3 is 15.2 Å². The number of allylic oxidation sites excluding steroid dienone is 2. The summed E-state index contributed by atoms with van der Waals surface area (Å²) in [5.74, 6) is -3.12. The van der Waals surface area contributed by atoms with Crippen molar-refractivity contribution in [2.45, 2.75) is 26.7 Å². The monoisotopic (exact) mass is 362 g/mol. The Morgan fingerprint density at radius 2 is 1.96 bits per heavy atom. The van der Waals surface area contributed by atoms with E-state index in [0.29, 0.717) is 11.2 Å². The fourth-order valence-corrected chi connectivity index (χ4v) is 3.31. The molecule has 132 valence electrons. The summed E-state index contributed by atoms with van der Waals surface area (Å²) in [5.41, 5.74) is 1.74. The van der Waals surface area contributed by atoms with E-state index in [-0.39, 0.29) is 18.0 Å². The molecule has 2 aromatic rings. The minimum Gasteiger partial charge on any atom is -0.481 e. The number of nitrogens with zero attached hydrogens (tertiary/aromatic N) is 1. The summed E-state index contributed by atoms with van der Waals surface area (Å²) in [7, 11) is 0. The summed E-state index contributed by atoms with van der Waals surface area (Å²) in [5, 5.41) is 20.3. The first-order chi connectivity index (χ1) is 11.3. The van der Waals surface area contributed by atoms with Crippen LogP contribution >= 0.6 is 12.4 Å². The molecule has 1 aliphatic carbocycles. The van der Waals surface area contributed by atoms with Crippen molar-refractivity contribution in [3.63, 3.8) is 0 Å². The molecule has 2 heterocycles. The standard InChI is InChI=1S/C18H18N2O4.ClH/c1-9-10(2)20-14-11(9)6-8-19-15(14)13-12(16(21)22)5-4-7-18(13,3)17(23)24;/h4-8,13,20H,1-3H3,(H,21,22)(H,23,24);1H. The van der Waals surface area contributed by atoms with Crippen molar-refractivity contribution in [3.8, 4) is 0 Å². The maximum Gasteiger partial charge on any atom is 0.332 e. The molecule has 0 spiro atoms. The third kappa shape index (κ3) is 2.72.